The smallest absolute Gasteiger partial charge is 0.209 e. The van der Waals surface area contributed by atoms with Gasteiger partial charge in [-0.15, -0.1) is 0 Å². The van der Waals surface area contributed by atoms with Crippen LogP contribution in [0.15, 0.2) is 29.3 Å². The third kappa shape index (κ3) is 2.76. The second-order valence-corrected chi connectivity index (χ2v) is 2.71. The van der Waals surface area contributed by atoms with E-state index in [1.807, 2.05) is 31.2 Å². The fourth-order valence-electron chi connectivity index (χ4n) is 0.930. The molecule has 13 heavy (non-hydrogen) atoms. The number of guanidine groups is 1. The zero-order valence-corrected chi connectivity index (χ0v) is 7.83. The minimum absolute atomic E-state index is 0.545. The molecule has 0 spiro atoms. The van der Waals surface area contributed by atoms with Crippen molar-refractivity contribution in [3.05, 3.63) is 29.8 Å². The molecule has 0 bridgehead atoms. The Bertz CT molecular complexity index is 289. The lowest BCUT2D eigenvalue weighted by Crippen LogP contribution is -2.36. The van der Waals surface area contributed by atoms with Gasteiger partial charge in [-0.05, 0) is 19.1 Å². The number of aryl methyl sites for hydroxylation is 1. The van der Waals surface area contributed by atoms with Gasteiger partial charge in [0, 0.05) is 12.7 Å². The molecule has 0 fully saturated rings. The van der Waals surface area contributed by atoms with Crippen LogP contribution in [0.3, 0.4) is 0 Å². The van der Waals surface area contributed by atoms with E-state index >= 15 is 0 Å². The minimum atomic E-state index is 0.545. The molecule has 0 unspecified atom stereocenters. The van der Waals surface area contributed by atoms with Gasteiger partial charge in [0.1, 0.15) is 0 Å². The van der Waals surface area contributed by atoms with E-state index in [0.717, 1.165) is 5.69 Å². The molecule has 0 aliphatic rings. The van der Waals surface area contributed by atoms with Crippen molar-refractivity contribution in [2.75, 3.05) is 12.4 Å². The van der Waals surface area contributed by atoms with Gasteiger partial charge in [0.15, 0.2) is 0 Å². The Balaban J connectivity index is 2.69. The van der Waals surface area contributed by atoms with Gasteiger partial charge in [0.25, 0.3) is 0 Å². The van der Waals surface area contributed by atoms with Crippen LogP contribution in [0.5, 0.6) is 0 Å². The lowest BCUT2D eigenvalue weighted by atomic mass is 10.2. The summed E-state index contributed by atoms with van der Waals surface area (Å²) >= 11 is 0. The first-order chi connectivity index (χ1) is 6.26. The van der Waals surface area contributed by atoms with E-state index in [0.29, 0.717) is 5.96 Å². The molecule has 4 N–H and O–H groups in total. The van der Waals surface area contributed by atoms with Crippen molar-refractivity contribution in [3.63, 3.8) is 0 Å². The normalized spacial score (nSPS) is 11.2. The van der Waals surface area contributed by atoms with Gasteiger partial charge in [0.2, 0.25) is 5.96 Å². The van der Waals surface area contributed by atoms with Crippen LogP contribution >= 0.6 is 0 Å². The number of anilines is 1. The van der Waals surface area contributed by atoms with Crippen molar-refractivity contribution in [2.24, 2.45) is 10.8 Å². The second kappa shape index (κ2) is 4.47. The molecular formula is C9H14N4. The lowest BCUT2D eigenvalue weighted by Gasteiger charge is -2.07. The Hall–Kier alpha value is -1.55. The summed E-state index contributed by atoms with van der Waals surface area (Å²) < 4.78 is 0. The number of hydrazine groups is 1. The maximum atomic E-state index is 5.22. The van der Waals surface area contributed by atoms with Gasteiger partial charge in [0.05, 0.1) is 0 Å². The van der Waals surface area contributed by atoms with E-state index in [-0.39, 0.29) is 0 Å². The van der Waals surface area contributed by atoms with Crippen LogP contribution in [0.2, 0.25) is 0 Å². The molecule has 0 saturated carbocycles. The van der Waals surface area contributed by atoms with Crippen LogP contribution in [-0.2, 0) is 0 Å². The highest BCUT2D eigenvalue weighted by atomic mass is 15.3. The summed E-state index contributed by atoms with van der Waals surface area (Å²) in [7, 11) is 1.66. The summed E-state index contributed by atoms with van der Waals surface area (Å²) in [5, 5.41) is 3.02. The fourth-order valence-corrected chi connectivity index (χ4v) is 0.930. The van der Waals surface area contributed by atoms with Gasteiger partial charge in [-0.2, -0.15) is 0 Å². The summed E-state index contributed by atoms with van der Waals surface area (Å²) in [5.41, 5.74) is 4.64. The van der Waals surface area contributed by atoms with E-state index in [2.05, 4.69) is 15.7 Å². The fraction of sp³-hybridized carbons (Fsp3) is 0.222. The van der Waals surface area contributed by atoms with Crippen molar-refractivity contribution in [1.82, 2.24) is 5.43 Å². The van der Waals surface area contributed by atoms with Crippen molar-refractivity contribution >= 4 is 11.6 Å². The van der Waals surface area contributed by atoms with Crippen molar-refractivity contribution in [3.8, 4) is 0 Å². The molecule has 0 radical (unpaired) electrons. The average molecular weight is 178 g/mol. The third-order valence-corrected chi connectivity index (χ3v) is 1.67. The second-order valence-electron chi connectivity index (χ2n) is 2.71. The number of benzene rings is 1. The zero-order valence-electron chi connectivity index (χ0n) is 7.83. The first-order valence-electron chi connectivity index (χ1n) is 4.03. The molecule has 0 aromatic heterocycles. The molecule has 70 valence electrons. The SMILES string of the molecule is CN=C(NN)Nc1ccc(C)cc1. The van der Waals surface area contributed by atoms with Crippen molar-refractivity contribution in [1.29, 1.82) is 0 Å². The van der Waals surface area contributed by atoms with E-state index in [4.69, 9.17) is 5.84 Å². The first-order valence-corrected chi connectivity index (χ1v) is 4.03. The number of hydrogen-bond donors (Lipinski definition) is 3. The maximum Gasteiger partial charge on any atom is 0.209 e. The summed E-state index contributed by atoms with van der Waals surface area (Å²) in [5.74, 6) is 5.76. The largest absolute Gasteiger partial charge is 0.325 e. The Morgan fingerprint density at radius 3 is 2.38 bits per heavy atom. The predicted molar refractivity (Wildman–Crippen MR) is 55.5 cm³/mol. The highest BCUT2D eigenvalue weighted by molar-refractivity contribution is 5.93. The van der Waals surface area contributed by atoms with Crippen LogP contribution in [0.25, 0.3) is 0 Å². The Kier molecular flexibility index (Phi) is 3.28. The molecule has 1 aromatic rings. The van der Waals surface area contributed by atoms with E-state index in [1.54, 1.807) is 7.05 Å². The number of nitrogens with two attached hydrogens (primary N) is 1. The Morgan fingerprint density at radius 2 is 1.92 bits per heavy atom. The topological polar surface area (TPSA) is 62.4 Å². The van der Waals surface area contributed by atoms with Crippen LogP contribution in [0.4, 0.5) is 5.69 Å². The number of rotatable bonds is 1. The van der Waals surface area contributed by atoms with Gasteiger partial charge in [-0.1, -0.05) is 17.7 Å². The molecule has 0 saturated heterocycles. The minimum Gasteiger partial charge on any atom is -0.325 e. The first kappa shape index (κ1) is 9.54. The van der Waals surface area contributed by atoms with Gasteiger partial charge in [-0.25, -0.2) is 5.84 Å². The van der Waals surface area contributed by atoms with Gasteiger partial charge in [-0.3, -0.25) is 10.4 Å². The van der Waals surface area contributed by atoms with Gasteiger partial charge >= 0.3 is 0 Å². The number of nitrogens with zero attached hydrogens (tertiary/aromatic N) is 1. The van der Waals surface area contributed by atoms with Crippen LogP contribution in [0.1, 0.15) is 5.56 Å². The number of nitrogens with one attached hydrogen (secondary N) is 2. The van der Waals surface area contributed by atoms with E-state index < -0.39 is 0 Å². The average Bonchev–Trinajstić information content (AvgIpc) is 2.17. The molecule has 0 aliphatic heterocycles. The monoisotopic (exact) mass is 178 g/mol. The molecule has 0 heterocycles. The Morgan fingerprint density at radius 1 is 1.31 bits per heavy atom. The molecule has 1 rings (SSSR count). The van der Waals surface area contributed by atoms with Gasteiger partial charge < -0.3 is 5.32 Å². The molecule has 4 nitrogen and oxygen atoms in total. The van der Waals surface area contributed by atoms with Crippen molar-refractivity contribution in [2.45, 2.75) is 6.92 Å². The zero-order chi connectivity index (χ0) is 9.68. The molecular weight excluding hydrogens is 164 g/mol. The summed E-state index contributed by atoms with van der Waals surface area (Å²) in [6.07, 6.45) is 0. The quantitative estimate of drug-likeness (QED) is 0.258. The lowest BCUT2D eigenvalue weighted by molar-refractivity contribution is 1.01. The molecule has 0 amide bonds. The molecule has 1 aromatic carbocycles. The number of aliphatic imine (C=N–C) groups is 1. The third-order valence-electron chi connectivity index (χ3n) is 1.67. The predicted octanol–water partition coefficient (Wildman–Crippen LogP) is 0.856. The van der Waals surface area contributed by atoms with Crippen LogP contribution in [-0.4, -0.2) is 13.0 Å². The van der Waals surface area contributed by atoms with E-state index in [9.17, 15) is 0 Å². The maximum absolute atomic E-state index is 5.22. The highest BCUT2D eigenvalue weighted by Gasteiger charge is 1.94. The van der Waals surface area contributed by atoms with Crippen LogP contribution < -0.4 is 16.6 Å². The standard InChI is InChI=1S/C9H14N4/c1-7-3-5-8(6-4-7)12-9(11-2)13-10/h3-6H,10H2,1-2H3,(H2,11,12,13). The highest BCUT2D eigenvalue weighted by Crippen LogP contribution is 2.07. The van der Waals surface area contributed by atoms with E-state index in [1.165, 1.54) is 5.56 Å². The molecule has 0 aliphatic carbocycles. The Labute approximate surface area is 77.8 Å². The summed E-state index contributed by atoms with van der Waals surface area (Å²) in [6.45, 7) is 2.04. The number of hydrogen-bond acceptors (Lipinski definition) is 2. The van der Waals surface area contributed by atoms with Crippen LogP contribution in [0, 0.1) is 6.92 Å². The van der Waals surface area contributed by atoms with Crippen molar-refractivity contribution < 1.29 is 0 Å². The molecule has 4 heteroatoms. The summed E-state index contributed by atoms with van der Waals surface area (Å²) in [6, 6.07) is 7.98. The molecule has 0 atom stereocenters. The summed E-state index contributed by atoms with van der Waals surface area (Å²) in [4.78, 5) is 3.89.